The number of nitrogens with one attached hydrogen (secondary N) is 1. The molecular formula is C7H9BrN2O2S. The van der Waals surface area contributed by atoms with Crippen molar-refractivity contribution >= 4 is 38.4 Å². The molecule has 0 aliphatic heterocycles. The lowest BCUT2D eigenvalue weighted by Gasteiger charge is -2.00. The van der Waals surface area contributed by atoms with Gasteiger partial charge in [0.25, 0.3) is 0 Å². The number of esters is 1. The first-order valence-electron chi connectivity index (χ1n) is 3.64. The third kappa shape index (κ3) is 3.73. The predicted octanol–water partition coefficient (Wildman–Crippen LogP) is 1.88. The van der Waals surface area contributed by atoms with Crippen molar-refractivity contribution in [2.75, 3.05) is 19.0 Å². The number of hydrogen-bond acceptors (Lipinski definition) is 5. The molecule has 0 atom stereocenters. The Balaban J connectivity index is 2.24. The van der Waals surface area contributed by atoms with E-state index in [9.17, 15) is 4.79 Å². The maximum Gasteiger partial charge on any atom is 0.307 e. The molecule has 0 unspecified atom stereocenters. The Hall–Kier alpha value is -0.620. The minimum Gasteiger partial charge on any atom is -0.469 e. The van der Waals surface area contributed by atoms with E-state index in [2.05, 4.69) is 31.0 Å². The van der Waals surface area contributed by atoms with Crippen LogP contribution in [0.4, 0.5) is 5.13 Å². The smallest absolute Gasteiger partial charge is 0.307 e. The van der Waals surface area contributed by atoms with Gasteiger partial charge in [-0.15, -0.1) is 11.3 Å². The van der Waals surface area contributed by atoms with Gasteiger partial charge in [-0.1, -0.05) is 0 Å². The maximum atomic E-state index is 10.7. The molecule has 0 amide bonds. The van der Waals surface area contributed by atoms with Crippen LogP contribution >= 0.6 is 27.3 Å². The van der Waals surface area contributed by atoms with Gasteiger partial charge in [0.2, 0.25) is 0 Å². The third-order valence-corrected chi connectivity index (χ3v) is 2.82. The number of hydrogen-bond donors (Lipinski definition) is 1. The van der Waals surface area contributed by atoms with E-state index in [0.717, 1.165) is 9.73 Å². The monoisotopic (exact) mass is 264 g/mol. The molecule has 0 fully saturated rings. The van der Waals surface area contributed by atoms with Crippen LogP contribution in [0.5, 0.6) is 0 Å². The van der Waals surface area contributed by atoms with Crippen molar-refractivity contribution in [2.45, 2.75) is 6.42 Å². The van der Waals surface area contributed by atoms with E-state index in [4.69, 9.17) is 0 Å². The maximum absolute atomic E-state index is 10.7. The van der Waals surface area contributed by atoms with E-state index >= 15 is 0 Å². The zero-order valence-electron chi connectivity index (χ0n) is 7.04. The van der Waals surface area contributed by atoms with Crippen molar-refractivity contribution in [2.24, 2.45) is 0 Å². The first kappa shape index (κ1) is 10.5. The summed E-state index contributed by atoms with van der Waals surface area (Å²) < 4.78 is 5.29. The average Bonchev–Trinajstić information content (AvgIpc) is 2.51. The van der Waals surface area contributed by atoms with E-state index in [-0.39, 0.29) is 5.97 Å². The molecule has 1 heterocycles. The molecule has 0 aliphatic carbocycles. The van der Waals surface area contributed by atoms with Gasteiger partial charge in [-0.2, -0.15) is 0 Å². The van der Waals surface area contributed by atoms with Crippen molar-refractivity contribution < 1.29 is 9.53 Å². The number of anilines is 1. The molecule has 1 N–H and O–H groups in total. The molecule has 0 bridgehead atoms. The second-order valence-corrected chi connectivity index (χ2v) is 3.90. The topological polar surface area (TPSA) is 51.2 Å². The van der Waals surface area contributed by atoms with Crippen molar-refractivity contribution in [1.29, 1.82) is 0 Å². The van der Waals surface area contributed by atoms with Crippen molar-refractivity contribution in [1.82, 2.24) is 4.98 Å². The Morgan fingerprint density at radius 1 is 1.85 bits per heavy atom. The van der Waals surface area contributed by atoms with Crippen LogP contribution in [0.15, 0.2) is 9.98 Å². The second-order valence-electron chi connectivity index (χ2n) is 2.23. The normalized spacial score (nSPS) is 9.69. The fourth-order valence-electron chi connectivity index (χ4n) is 0.709. The largest absolute Gasteiger partial charge is 0.469 e. The summed E-state index contributed by atoms with van der Waals surface area (Å²) in [5.41, 5.74) is 0. The molecule has 0 spiro atoms. The Labute approximate surface area is 88.4 Å². The molecule has 0 aliphatic rings. The summed E-state index contributed by atoms with van der Waals surface area (Å²) in [4.78, 5) is 14.8. The number of thiazole rings is 1. The van der Waals surface area contributed by atoms with Gasteiger partial charge in [0.05, 0.1) is 13.5 Å². The SMILES string of the molecule is COC(=O)CCNc1nc(Br)cs1. The van der Waals surface area contributed by atoms with Crippen molar-refractivity contribution in [3.05, 3.63) is 9.98 Å². The molecule has 0 saturated heterocycles. The standard InChI is InChI=1S/C7H9BrN2O2S/c1-12-6(11)2-3-9-7-10-5(8)4-13-7/h4H,2-3H2,1H3,(H,9,10). The lowest BCUT2D eigenvalue weighted by molar-refractivity contribution is -0.140. The predicted molar refractivity (Wildman–Crippen MR) is 54.9 cm³/mol. The van der Waals surface area contributed by atoms with Crippen LogP contribution in [0.3, 0.4) is 0 Å². The van der Waals surface area contributed by atoms with E-state index < -0.39 is 0 Å². The first-order chi connectivity index (χ1) is 6.22. The molecule has 72 valence electrons. The molecule has 1 aromatic heterocycles. The molecule has 0 saturated carbocycles. The van der Waals surface area contributed by atoms with Crippen LogP contribution in [0.1, 0.15) is 6.42 Å². The summed E-state index contributed by atoms with van der Waals surface area (Å²) in [6.45, 7) is 0.548. The highest BCUT2D eigenvalue weighted by atomic mass is 79.9. The van der Waals surface area contributed by atoms with Gasteiger partial charge in [-0.3, -0.25) is 4.79 Å². The number of ether oxygens (including phenoxy) is 1. The van der Waals surface area contributed by atoms with Crippen molar-refractivity contribution in [3.63, 3.8) is 0 Å². The molecule has 1 aromatic rings. The molecule has 4 nitrogen and oxygen atoms in total. The molecular weight excluding hydrogens is 256 g/mol. The lowest BCUT2D eigenvalue weighted by atomic mass is 10.4. The number of halogens is 1. The van der Waals surface area contributed by atoms with Crippen molar-refractivity contribution in [3.8, 4) is 0 Å². The van der Waals surface area contributed by atoms with Gasteiger partial charge in [-0.05, 0) is 15.9 Å². The minimum absolute atomic E-state index is 0.219. The van der Waals surface area contributed by atoms with Crippen LogP contribution in [0.2, 0.25) is 0 Å². The first-order valence-corrected chi connectivity index (χ1v) is 5.31. The Morgan fingerprint density at radius 2 is 2.62 bits per heavy atom. The number of rotatable bonds is 4. The zero-order valence-corrected chi connectivity index (χ0v) is 9.44. The number of nitrogens with zero attached hydrogens (tertiary/aromatic N) is 1. The van der Waals surface area contributed by atoms with Crippen LogP contribution < -0.4 is 5.32 Å². The average molecular weight is 265 g/mol. The summed E-state index contributed by atoms with van der Waals surface area (Å²) in [7, 11) is 1.38. The lowest BCUT2D eigenvalue weighted by Crippen LogP contribution is -2.09. The number of aromatic nitrogens is 1. The van der Waals surface area contributed by atoms with Crippen LogP contribution in [-0.4, -0.2) is 24.6 Å². The van der Waals surface area contributed by atoms with Crippen LogP contribution in [0.25, 0.3) is 0 Å². The van der Waals surface area contributed by atoms with Gasteiger partial charge in [0.1, 0.15) is 4.60 Å². The fourth-order valence-corrected chi connectivity index (χ4v) is 1.88. The van der Waals surface area contributed by atoms with Gasteiger partial charge < -0.3 is 10.1 Å². The van der Waals surface area contributed by atoms with E-state index in [1.54, 1.807) is 0 Å². The molecule has 0 radical (unpaired) electrons. The van der Waals surface area contributed by atoms with E-state index in [0.29, 0.717) is 13.0 Å². The highest BCUT2D eigenvalue weighted by Crippen LogP contribution is 2.18. The summed E-state index contributed by atoms with van der Waals surface area (Å²) in [5, 5.41) is 5.68. The van der Waals surface area contributed by atoms with E-state index in [1.807, 2.05) is 5.38 Å². The minimum atomic E-state index is -0.219. The second kappa shape index (κ2) is 5.18. The summed E-state index contributed by atoms with van der Waals surface area (Å²) in [6, 6.07) is 0. The van der Waals surface area contributed by atoms with Gasteiger partial charge in [-0.25, -0.2) is 4.98 Å². The molecule has 1 rings (SSSR count). The van der Waals surface area contributed by atoms with Crippen LogP contribution in [0, 0.1) is 0 Å². The quantitative estimate of drug-likeness (QED) is 0.844. The van der Waals surface area contributed by atoms with Gasteiger partial charge in [0.15, 0.2) is 5.13 Å². The number of methoxy groups -OCH3 is 1. The molecule has 0 aromatic carbocycles. The van der Waals surface area contributed by atoms with Gasteiger partial charge in [0, 0.05) is 11.9 Å². The Bertz CT molecular complexity index is 290. The summed E-state index contributed by atoms with van der Waals surface area (Å²) in [6.07, 6.45) is 0.355. The van der Waals surface area contributed by atoms with Gasteiger partial charge >= 0.3 is 5.97 Å². The Morgan fingerprint density at radius 3 is 3.15 bits per heavy atom. The zero-order chi connectivity index (χ0) is 9.68. The fraction of sp³-hybridized carbons (Fsp3) is 0.429. The van der Waals surface area contributed by atoms with Crippen LogP contribution in [-0.2, 0) is 9.53 Å². The highest BCUT2D eigenvalue weighted by Gasteiger charge is 2.01. The highest BCUT2D eigenvalue weighted by molar-refractivity contribution is 9.10. The summed E-state index contributed by atoms with van der Waals surface area (Å²) in [5.74, 6) is -0.219. The number of carbonyl (C=O) groups is 1. The number of carbonyl (C=O) groups excluding carboxylic acids is 1. The third-order valence-electron chi connectivity index (χ3n) is 1.31. The molecule has 13 heavy (non-hydrogen) atoms. The molecule has 6 heteroatoms. The summed E-state index contributed by atoms with van der Waals surface area (Å²) >= 11 is 4.72. The van der Waals surface area contributed by atoms with E-state index in [1.165, 1.54) is 18.4 Å². The Kier molecular flexibility index (Phi) is 4.17.